The topological polar surface area (TPSA) is 174 Å². The van der Waals surface area contributed by atoms with Crippen LogP contribution in [0.3, 0.4) is 0 Å². The second kappa shape index (κ2) is 10.5. The van der Waals surface area contributed by atoms with E-state index < -0.39 is 35.2 Å². The number of anilines is 1. The molecule has 0 bridgehead atoms. The molecule has 162 valence electrons. The van der Waals surface area contributed by atoms with Crippen LogP contribution >= 0.6 is 23.1 Å². The number of carbonyl (C=O) groups is 4. The molecule has 2 aliphatic heterocycles. The fourth-order valence-corrected chi connectivity index (χ4v) is 4.76. The molecule has 0 radical (unpaired) electrons. The Morgan fingerprint density at radius 1 is 1.48 bits per heavy atom. The normalized spacial score (nSPS) is 20.3. The van der Waals surface area contributed by atoms with Gasteiger partial charge < -0.3 is 27.2 Å². The number of nitrogens with zero attached hydrogens (tertiary/aromatic N) is 3. The second-order valence-electron chi connectivity index (χ2n) is 6.09. The zero-order valence-electron chi connectivity index (χ0n) is 17.8. The number of carbonyl (C=O) groups excluding carboxylic acids is 3. The van der Waals surface area contributed by atoms with Gasteiger partial charge in [0.25, 0.3) is 11.8 Å². The Morgan fingerprint density at radius 3 is 2.74 bits per heavy atom. The summed E-state index contributed by atoms with van der Waals surface area (Å²) in [6.45, 7) is 0.975. The maximum absolute atomic E-state index is 12.7. The van der Waals surface area contributed by atoms with Gasteiger partial charge in [-0.15, -0.1) is 23.1 Å². The summed E-state index contributed by atoms with van der Waals surface area (Å²) in [5, 5.41) is 16.9. The fraction of sp³-hybridized carbons (Fsp3) is 0.375. The van der Waals surface area contributed by atoms with Gasteiger partial charge in [0.1, 0.15) is 36.5 Å². The maximum Gasteiger partial charge on any atom is 1.00 e. The van der Waals surface area contributed by atoms with Gasteiger partial charge in [0.05, 0.1) is 0 Å². The number of oxime groups is 1. The summed E-state index contributed by atoms with van der Waals surface area (Å²) in [6.07, 6.45) is 0. The first kappa shape index (κ1) is 25.1. The molecule has 15 heteroatoms. The summed E-state index contributed by atoms with van der Waals surface area (Å²) in [5.74, 6) is -2.98. The van der Waals surface area contributed by atoms with Gasteiger partial charge >= 0.3 is 41.5 Å². The van der Waals surface area contributed by atoms with E-state index >= 15 is 0 Å². The number of aliphatic carboxylic acids is 1. The van der Waals surface area contributed by atoms with E-state index in [2.05, 4.69) is 20.3 Å². The van der Waals surface area contributed by atoms with Crippen molar-refractivity contribution in [1.29, 1.82) is 0 Å². The van der Waals surface area contributed by atoms with Crippen molar-refractivity contribution in [1.82, 2.24) is 15.2 Å². The number of carboxylic acid groups (broad SMARTS) is 1. The van der Waals surface area contributed by atoms with Gasteiger partial charge in [0.2, 0.25) is 0 Å². The molecule has 31 heavy (non-hydrogen) atoms. The molecule has 3 heterocycles. The van der Waals surface area contributed by atoms with E-state index in [0.717, 1.165) is 16.2 Å². The molecular formula is C16H18N5NaO7S2. The number of thioether (sulfide) groups is 1. The molecule has 1 saturated heterocycles. The summed E-state index contributed by atoms with van der Waals surface area (Å²) in [7, 11) is 1.25. The molecule has 0 saturated carbocycles. The van der Waals surface area contributed by atoms with E-state index in [9.17, 15) is 24.3 Å². The van der Waals surface area contributed by atoms with Crippen molar-refractivity contribution in [3.05, 3.63) is 22.3 Å². The number of thiazole rings is 1. The van der Waals surface area contributed by atoms with E-state index in [1.807, 2.05) is 0 Å². The van der Waals surface area contributed by atoms with Crippen LogP contribution in [0.4, 0.5) is 5.13 Å². The van der Waals surface area contributed by atoms with Crippen LogP contribution in [0.5, 0.6) is 0 Å². The Labute approximate surface area is 208 Å². The van der Waals surface area contributed by atoms with Crippen molar-refractivity contribution < 1.29 is 64.8 Å². The molecule has 4 N–H and O–H groups in total. The van der Waals surface area contributed by atoms with Crippen LogP contribution in [-0.2, 0) is 28.8 Å². The Hall–Kier alpha value is -2.13. The number of carboxylic acids is 1. The number of fused-ring (bicyclic) bond motifs is 1. The number of amides is 2. The third kappa shape index (κ3) is 5.20. The zero-order valence-corrected chi connectivity index (χ0v) is 20.4. The summed E-state index contributed by atoms with van der Waals surface area (Å²) < 4.78 is 4.88. The molecule has 2 atom stereocenters. The molecule has 0 aliphatic carbocycles. The summed E-state index contributed by atoms with van der Waals surface area (Å²) in [4.78, 5) is 57.8. The standard InChI is InChI=1S/C16H17N5O7S2.Na.H/c1-6(22)28-3-7-4-29-14-10(13(24)21(14)11(7)15(25)26)19-12(23)9(20-27-2)8-5-30-16(17)18-8;;/h5,10,14H,3-4H2,1-2H3,(H2,17,18)(H,19,23)(H,25,26);;/q;+1;-1. The first-order chi connectivity index (χ1) is 14.2. The summed E-state index contributed by atoms with van der Waals surface area (Å²) in [6, 6.07) is -0.967. The molecule has 1 aromatic heterocycles. The molecule has 2 aliphatic rings. The number of hydrogen-bond acceptors (Lipinski definition) is 11. The fourth-order valence-electron chi connectivity index (χ4n) is 2.88. The number of rotatable bonds is 7. The Kier molecular flexibility index (Phi) is 8.48. The molecule has 1 aromatic rings. The number of β-lactam (4-membered cyclic amide) rings is 1. The quantitative estimate of drug-likeness (QED) is 0.117. The molecule has 3 rings (SSSR count). The SMILES string of the molecule is CON=C(C(=O)NC1C(=O)N2C(C(=O)O)=C(COC(C)=O)CSC12)c1csc(N)n1.[H-].[Na+]. The van der Waals surface area contributed by atoms with E-state index in [4.69, 9.17) is 10.5 Å². The van der Waals surface area contributed by atoms with Gasteiger partial charge in [-0.05, 0) is 0 Å². The predicted molar refractivity (Wildman–Crippen MR) is 108 cm³/mol. The van der Waals surface area contributed by atoms with Crippen LogP contribution in [-0.4, -0.2) is 75.3 Å². The molecule has 1 fully saturated rings. The zero-order chi connectivity index (χ0) is 22.0. The minimum atomic E-state index is -1.32. The van der Waals surface area contributed by atoms with Gasteiger partial charge in [0, 0.05) is 23.6 Å². The van der Waals surface area contributed by atoms with Crippen molar-refractivity contribution in [3.8, 4) is 0 Å². The monoisotopic (exact) mass is 479 g/mol. The van der Waals surface area contributed by atoms with Gasteiger partial charge in [-0.25, -0.2) is 9.78 Å². The van der Waals surface area contributed by atoms with Crippen molar-refractivity contribution in [2.45, 2.75) is 18.3 Å². The molecule has 0 aromatic carbocycles. The number of nitrogen functional groups attached to an aromatic ring is 1. The van der Waals surface area contributed by atoms with Crippen molar-refractivity contribution in [2.75, 3.05) is 25.2 Å². The first-order valence-electron chi connectivity index (χ1n) is 8.41. The van der Waals surface area contributed by atoms with Crippen LogP contribution in [0.2, 0.25) is 0 Å². The van der Waals surface area contributed by atoms with E-state index in [-0.39, 0.29) is 65.6 Å². The van der Waals surface area contributed by atoms with Gasteiger partial charge in [-0.2, -0.15) is 0 Å². The Bertz CT molecular complexity index is 986. The van der Waals surface area contributed by atoms with E-state index in [1.165, 1.54) is 31.2 Å². The average Bonchev–Trinajstić information content (AvgIpc) is 3.13. The first-order valence-corrected chi connectivity index (χ1v) is 10.3. The van der Waals surface area contributed by atoms with Crippen LogP contribution in [0, 0.1) is 0 Å². The number of ether oxygens (including phenoxy) is 1. The van der Waals surface area contributed by atoms with Crippen LogP contribution in [0.1, 0.15) is 14.0 Å². The minimum absolute atomic E-state index is 0. The number of hydrogen-bond donors (Lipinski definition) is 3. The van der Waals surface area contributed by atoms with E-state index in [1.54, 1.807) is 0 Å². The summed E-state index contributed by atoms with van der Waals surface area (Å²) >= 11 is 2.35. The van der Waals surface area contributed by atoms with Crippen LogP contribution < -0.4 is 40.6 Å². The number of nitrogens with two attached hydrogens (primary N) is 1. The van der Waals surface area contributed by atoms with Crippen LogP contribution in [0.15, 0.2) is 21.8 Å². The number of esters is 1. The number of aromatic nitrogens is 1. The van der Waals surface area contributed by atoms with E-state index in [0.29, 0.717) is 5.57 Å². The minimum Gasteiger partial charge on any atom is -1.00 e. The molecule has 12 nitrogen and oxygen atoms in total. The van der Waals surface area contributed by atoms with Crippen molar-refractivity contribution in [3.63, 3.8) is 0 Å². The van der Waals surface area contributed by atoms with Gasteiger partial charge in [-0.1, -0.05) is 5.16 Å². The molecular weight excluding hydrogens is 461 g/mol. The third-order valence-electron chi connectivity index (χ3n) is 4.15. The largest absolute Gasteiger partial charge is 1.00 e. The molecule has 0 spiro atoms. The van der Waals surface area contributed by atoms with Crippen LogP contribution in [0.25, 0.3) is 0 Å². The average molecular weight is 479 g/mol. The summed E-state index contributed by atoms with van der Waals surface area (Å²) in [5.41, 5.74) is 5.67. The van der Waals surface area contributed by atoms with Crippen molar-refractivity contribution in [2.24, 2.45) is 5.16 Å². The predicted octanol–water partition coefficient (Wildman–Crippen LogP) is -3.51. The van der Waals surface area contributed by atoms with Gasteiger partial charge in [-0.3, -0.25) is 19.3 Å². The van der Waals surface area contributed by atoms with Gasteiger partial charge in [0.15, 0.2) is 10.8 Å². The van der Waals surface area contributed by atoms with Crippen molar-refractivity contribution >= 4 is 57.7 Å². The molecule has 2 amide bonds. The second-order valence-corrected chi connectivity index (χ2v) is 8.09. The smallest absolute Gasteiger partial charge is 1.00 e. The number of nitrogens with one attached hydrogen (secondary N) is 1. The maximum atomic E-state index is 12.7. The third-order valence-corrected chi connectivity index (χ3v) is 6.16. The Morgan fingerprint density at radius 2 is 2.19 bits per heavy atom. The molecule has 2 unspecified atom stereocenters. The Balaban J connectivity index is 0.00000256.